The maximum Gasteiger partial charge on any atom is 0.328 e. The number of amides is 1. The summed E-state index contributed by atoms with van der Waals surface area (Å²) in [6.07, 6.45) is 2.37. The summed E-state index contributed by atoms with van der Waals surface area (Å²) in [6.45, 7) is 5.70. The number of esters is 2. The highest BCUT2D eigenvalue weighted by Gasteiger charge is 2.43. The van der Waals surface area contributed by atoms with Crippen LogP contribution in [0.3, 0.4) is 0 Å². The van der Waals surface area contributed by atoms with Crippen molar-refractivity contribution in [2.45, 2.75) is 51.9 Å². The molecule has 27 heavy (non-hydrogen) atoms. The quantitative estimate of drug-likeness (QED) is 0.635. The average molecular weight is 378 g/mol. The lowest BCUT2D eigenvalue weighted by Gasteiger charge is -2.39. The fourth-order valence-electron chi connectivity index (χ4n) is 3.10. The highest BCUT2D eigenvalue weighted by molar-refractivity contribution is 5.88. The minimum Gasteiger partial charge on any atom is -0.464 e. The number of morpholine rings is 1. The summed E-state index contributed by atoms with van der Waals surface area (Å²) in [5.41, 5.74) is 0.601. The zero-order chi connectivity index (χ0) is 19.8. The van der Waals surface area contributed by atoms with Crippen LogP contribution in [0.15, 0.2) is 24.5 Å². The van der Waals surface area contributed by atoms with E-state index in [1.54, 1.807) is 31.5 Å². The summed E-state index contributed by atoms with van der Waals surface area (Å²) in [5, 5.41) is 0. The van der Waals surface area contributed by atoms with Gasteiger partial charge in [-0.1, -0.05) is 13.3 Å². The van der Waals surface area contributed by atoms with Crippen molar-refractivity contribution in [1.29, 1.82) is 0 Å². The van der Waals surface area contributed by atoms with Gasteiger partial charge in [0.1, 0.15) is 6.04 Å². The Hall–Kier alpha value is -2.48. The first-order chi connectivity index (χ1) is 13.0. The molecule has 3 atom stereocenters. The maximum absolute atomic E-state index is 13.1. The van der Waals surface area contributed by atoms with Crippen molar-refractivity contribution >= 4 is 17.8 Å². The molecule has 0 aromatic carbocycles. The molecule has 2 rings (SSSR count). The normalized spacial score (nSPS) is 19.3. The number of ether oxygens (including phenoxy) is 3. The summed E-state index contributed by atoms with van der Waals surface area (Å²) in [5.74, 6) is -1.35. The smallest absolute Gasteiger partial charge is 0.328 e. The minimum atomic E-state index is -1.03. The third kappa shape index (κ3) is 5.26. The number of hydrogen-bond acceptors (Lipinski definition) is 7. The Bertz CT molecular complexity index is 651. The Balaban J connectivity index is 2.29. The number of hydrogen-bond donors (Lipinski definition) is 0. The molecule has 1 amide bonds. The van der Waals surface area contributed by atoms with Gasteiger partial charge in [0, 0.05) is 25.9 Å². The van der Waals surface area contributed by atoms with Crippen molar-refractivity contribution in [3.63, 3.8) is 0 Å². The molecule has 0 radical (unpaired) electrons. The molecule has 8 nitrogen and oxygen atoms in total. The van der Waals surface area contributed by atoms with Gasteiger partial charge >= 0.3 is 11.9 Å². The number of nitrogens with zero attached hydrogens (tertiary/aromatic N) is 2. The number of aromatic nitrogens is 1. The van der Waals surface area contributed by atoms with Gasteiger partial charge in [-0.2, -0.15) is 0 Å². The van der Waals surface area contributed by atoms with E-state index in [1.165, 1.54) is 11.8 Å². The van der Waals surface area contributed by atoms with E-state index in [2.05, 4.69) is 4.98 Å². The molecule has 8 heteroatoms. The third-order valence-corrected chi connectivity index (χ3v) is 4.26. The van der Waals surface area contributed by atoms with Crippen molar-refractivity contribution in [3.8, 4) is 0 Å². The van der Waals surface area contributed by atoms with Gasteiger partial charge in [-0.25, -0.2) is 4.79 Å². The number of rotatable bonds is 8. The Labute approximate surface area is 158 Å². The van der Waals surface area contributed by atoms with Gasteiger partial charge in [0.2, 0.25) is 0 Å². The molecule has 1 aromatic rings. The summed E-state index contributed by atoms with van der Waals surface area (Å²) >= 11 is 0. The first kappa shape index (κ1) is 20.8. The molecular formula is C19H26N2O6. The summed E-state index contributed by atoms with van der Waals surface area (Å²) in [4.78, 5) is 42.5. The lowest BCUT2D eigenvalue weighted by atomic mass is 10.0. The SMILES string of the molecule is CCCC(C(=O)OCC)N1CCOC(C(OC(C)=O)c2ccncc2)C1=O. The molecule has 1 fully saturated rings. The second-order valence-corrected chi connectivity index (χ2v) is 6.19. The molecule has 1 aliphatic rings. The Morgan fingerprint density at radius 1 is 1.33 bits per heavy atom. The van der Waals surface area contributed by atoms with E-state index in [9.17, 15) is 14.4 Å². The topological polar surface area (TPSA) is 95.0 Å². The summed E-state index contributed by atoms with van der Waals surface area (Å²) < 4.78 is 16.2. The third-order valence-electron chi connectivity index (χ3n) is 4.26. The van der Waals surface area contributed by atoms with Crippen molar-refractivity contribution in [2.24, 2.45) is 0 Å². The van der Waals surface area contributed by atoms with E-state index < -0.39 is 36.1 Å². The summed E-state index contributed by atoms with van der Waals surface area (Å²) in [6, 6.07) is 2.65. The van der Waals surface area contributed by atoms with Crippen LogP contribution < -0.4 is 0 Å². The number of pyridine rings is 1. The van der Waals surface area contributed by atoms with Crippen LogP contribution in [0.5, 0.6) is 0 Å². The molecule has 0 saturated carbocycles. The fraction of sp³-hybridized carbons (Fsp3) is 0.579. The van der Waals surface area contributed by atoms with Gasteiger partial charge < -0.3 is 19.1 Å². The van der Waals surface area contributed by atoms with Crippen LogP contribution >= 0.6 is 0 Å². The van der Waals surface area contributed by atoms with Gasteiger partial charge in [0.15, 0.2) is 12.2 Å². The van der Waals surface area contributed by atoms with Crippen LogP contribution in [-0.4, -0.2) is 59.6 Å². The van der Waals surface area contributed by atoms with Gasteiger partial charge in [-0.05, 0) is 31.0 Å². The van der Waals surface area contributed by atoms with Crippen LogP contribution in [0.25, 0.3) is 0 Å². The molecular weight excluding hydrogens is 352 g/mol. The average Bonchev–Trinajstić information content (AvgIpc) is 2.66. The van der Waals surface area contributed by atoms with E-state index in [0.29, 0.717) is 12.0 Å². The minimum absolute atomic E-state index is 0.235. The van der Waals surface area contributed by atoms with E-state index in [0.717, 1.165) is 6.42 Å². The Morgan fingerprint density at radius 3 is 2.63 bits per heavy atom. The Morgan fingerprint density at radius 2 is 2.04 bits per heavy atom. The van der Waals surface area contributed by atoms with Gasteiger partial charge in [0.25, 0.3) is 5.91 Å². The standard InChI is InChI=1S/C19H26N2O6/c1-4-6-15(19(24)25-5-2)21-11-12-26-17(18(21)23)16(27-13(3)22)14-7-9-20-10-8-14/h7-10,15-17H,4-6,11-12H2,1-3H3. The van der Waals surface area contributed by atoms with Gasteiger partial charge in [0.05, 0.1) is 13.2 Å². The van der Waals surface area contributed by atoms with E-state index in [4.69, 9.17) is 14.2 Å². The van der Waals surface area contributed by atoms with Crippen LogP contribution in [0, 0.1) is 0 Å². The zero-order valence-corrected chi connectivity index (χ0v) is 15.9. The lowest BCUT2D eigenvalue weighted by Crippen LogP contribution is -2.56. The fourth-order valence-corrected chi connectivity index (χ4v) is 3.10. The molecule has 0 N–H and O–H groups in total. The van der Waals surface area contributed by atoms with Crippen LogP contribution in [0.1, 0.15) is 45.3 Å². The zero-order valence-electron chi connectivity index (χ0n) is 15.9. The summed E-state index contributed by atoms with van der Waals surface area (Å²) in [7, 11) is 0. The first-order valence-electron chi connectivity index (χ1n) is 9.15. The molecule has 1 aliphatic heterocycles. The van der Waals surface area contributed by atoms with Gasteiger partial charge in [-0.15, -0.1) is 0 Å². The second-order valence-electron chi connectivity index (χ2n) is 6.19. The molecule has 0 spiro atoms. The van der Waals surface area contributed by atoms with Crippen molar-refractivity contribution in [3.05, 3.63) is 30.1 Å². The molecule has 148 valence electrons. The molecule has 0 bridgehead atoms. The largest absolute Gasteiger partial charge is 0.464 e. The van der Waals surface area contributed by atoms with Crippen molar-refractivity contribution < 1.29 is 28.6 Å². The van der Waals surface area contributed by atoms with Crippen LogP contribution in [0.2, 0.25) is 0 Å². The lowest BCUT2D eigenvalue weighted by molar-refractivity contribution is -0.181. The molecule has 3 unspecified atom stereocenters. The van der Waals surface area contributed by atoms with E-state index >= 15 is 0 Å². The van der Waals surface area contributed by atoms with Crippen molar-refractivity contribution in [1.82, 2.24) is 9.88 Å². The molecule has 1 saturated heterocycles. The van der Waals surface area contributed by atoms with E-state index in [-0.39, 0.29) is 19.8 Å². The molecule has 1 aromatic heterocycles. The molecule has 2 heterocycles. The maximum atomic E-state index is 13.1. The second kappa shape index (κ2) is 10.0. The highest BCUT2D eigenvalue weighted by atomic mass is 16.6. The van der Waals surface area contributed by atoms with Crippen LogP contribution in [0.4, 0.5) is 0 Å². The number of carbonyl (C=O) groups is 3. The number of carbonyl (C=O) groups excluding carboxylic acids is 3. The van der Waals surface area contributed by atoms with E-state index in [1.807, 2.05) is 6.92 Å². The highest BCUT2D eigenvalue weighted by Crippen LogP contribution is 2.28. The molecule has 0 aliphatic carbocycles. The predicted octanol–water partition coefficient (Wildman–Crippen LogP) is 1.64. The van der Waals surface area contributed by atoms with Crippen LogP contribution in [-0.2, 0) is 28.6 Å². The van der Waals surface area contributed by atoms with Gasteiger partial charge in [-0.3, -0.25) is 14.6 Å². The Kier molecular flexibility index (Phi) is 7.72. The predicted molar refractivity (Wildman–Crippen MR) is 95.5 cm³/mol. The van der Waals surface area contributed by atoms with Crippen molar-refractivity contribution in [2.75, 3.05) is 19.8 Å². The monoisotopic (exact) mass is 378 g/mol. The first-order valence-corrected chi connectivity index (χ1v) is 9.15.